The molecule has 0 aliphatic carbocycles. The smallest absolute Gasteiger partial charge is 0.262 e. The third-order valence-corrected chi connectivity index (χ3v) is 5.42. The Bertz CT molecular complexity index is 1270. The van der Waals surface area contributed by atoms with E-state index in [9.17, 15) is 15.0 Å². The van der Waals surface area contributed by atoms with E-state index in [4.69, 9.17) is 9.84 Å². The number of thiazole rings is 1. The summed E-state index contributed by atoms with van der Waals surface area (Å²) in [5.74, 6) is 0.298. The van der Waals surface area contributed by atoms with Crippen LogP contribution in [0.2, 0.25) is 0 Å². The number of carbonyl (C=O) groups is 1. The van der Waals surface area contributed by atoms with Gasteiger partial charge in [0.05, 0.1) is 23.6 Å². The van der Waals surface area contributed by atoms with Crippen LogP contribution in [-0.2, 0) is 4.79 Å². The van der Waals surface area contributed by atoms with Crippen molar-refractivity contribution in [2.45, 2.75) is 6.92 Å². The fraction of sp³-hybridized carbons (Fsp3) is 0.136. The second kappa shape index (κ2) is 8.49. The van der Waals surface area contributed by atoms with E-state index in [-0.39, 0.29) is 24.0 Å². The van der Waals surface area contributed by atoms with Gasteiger partial charge in [-0.3, -0.25) is 9.79 Å². The summed E-state index contributed by atoms with van der Waals surface area (Å²) in [5.41, 5.74) is 3.18. The van der Waals surface area contributed by atoms with Crippen molar-refractivity contribution in [3.63, 3.8) is 0 Å². The van der Waals surface area contributed by atoms with E-state index >= 15 is 0 Å². The molecule has 1 aliphatic heterocycles. The highest BCUT2D eigenvalue weighted by atomic mass is 32.1. The maximum Gasteiger partial charge on any atom is 0.262 e. The van der Waals surface area contributed by atoms with Crippen LogP contribution in [0, 0.1) is 0 Å². The van der Waals surface area contributed by atoms with Gasteiger partial charge in [0.1, 0.15) is 17.2 Å². The number of fused-ring (bicyclic) bond motifs is 1. The average molecular weight is 436 g/mol. The van der Waals surface area contributed by atoms with Gasteiger partial charge in [-0.25, -0.2) is 4.68 Å². The molecule has 158 valence electrons. The molecule has 0 bridgehead atoms. The molecule has 3 N–H and O–H groups in total. The zero-order chi connectivity index (χ0) is 22.0. The van der Waals surface area contributed by atoms with E-state index in [2.05, 4.69) is 16.9 Å². The molecule has 0 saturated carbocycles. The summed E-state index contributed by atoms with van der Waals surface area (Å²) in [6, 6.07) is 9.86. The second-order valence-corrected chi connectivity index (χ2v) is 7.62. The SMILES string of the molecule is C=CCN=c1scc(-c2ccc3c(c2)NC(=O)CO3)n1N=C(C)c1ccc(O)cc1O. The zero-order valence-electron chi connectivity index (χ0n) is 16.7. The minimum atomic E-state index is -0.207. The van der Waals surface area contributed by atoms with Gasteiger partial charge < -0.3 is 20.3 Å². The van der Waals surface area contributed by atoms with Crippen LogP contribution in [0.3, 0.4) is 0 Å². The van der Waals surface area contributed by atoms with Gasteiger partial charge in [0.25, 0.3) is 5.91 Å². The molecule has 1 amide bonds. The lowest BCUT2D eigenvalue weighted by Crippen LogP contribution is -2.25. The summed E-state index contributed by atoms with van der Waals surface area (Å²) in [6.45, 7) is 5.89. The number of nitrogens with one attached hydrogen (secondary N) is 1. The number of benzene rings is 2. The number of anilines is 1. The molecule has 0 fully saturated rings. The third kappa shape index (κ3) is 4.22. The highest BCUT2D eigenvalue weighted by Crippen LogP contribution is 2.33. The van der Waals surface area contributed by atoms with Crippen LogP contribution in [-0.4, -0.2) is 39.7 Å². The Morgan fingerprint density at radius 2 is 2.16 bits per heavy atom. The standard InChI is InChI=1S/C22H20N4O4S/c1-3-8-23-22-26(25-13(2)16-6-5-15(27)10-19(16)28)18(12-31-22)14-4-7-20-17(9-14)24-21(29)11-30-20/h3-7,9-10,12,27-28H,1,8,11H2,2H3,(H,24,29). The van der Waals surface area contributed by atoms with Crippen molar-refractivity contribution >= 4 is 28.6 Å². The lowest BCUT2D eigenvalue weighted by Gasteiger charge is -2.18. The lowest BCUT2D eigenvalue weighted by molar-refractivity contribution is -0.118. The van der Waals surface area contributed by atoms with Crippen molar-refractivity contribution in [1.82, 2.24) is 4.68 Å². The quantitative estimate of drug-likeness (QED) is 0.421. The van der Waals surface area contributed by atoms with Crippen molar-refractivity contribution in [1.29, 1.82) is 0 Å². The van der Waals surface area contributed by atoms with Gasteiger partial charge in [0.15, 0.2) is 6.61 Å². The molecule has 31 heavy (non-hydrogen) atoms. The number of hydrogen-bond acceptors (Lipinski definition) is 7. The number of phenols is 2. The first-order chi connectivity index (χ1) is 15.0. The Morgan fingerprint density at radius 1 is 1.32 bits per heavy atom. The maximum atomic E-state index is 11.7. The Morgan fingerprint density at radius 3 is 2.94 bits per heavy atom. The van der Waals surface area contributed by atoms with Gasteiger partial charge in [-0.15, -0.1) is 17.9 Å². The first kappa shape index (κ1) is 20.4. The highest BCUT2D eigenvalue weighted by molar-refractivity contribution is 7.07. The molecule has 1 aromatic heterocycles. The average Bonchev–Trinajstić information content (AvgIpc) is 3.13. The van der Waals surface area contributed by atoms with Crippen LogP contribution in [0.15, 0.2) is 64.5 Å². The topological polar surface area (TPSA) is 108 Å². The summed E-state index contributed by atoms with van der Waals surface area (Å²) in [6.07, 6.45) is 1.69. The van der Waals surface area contributed by atoms with Gasteiger partial charge in [-0.1, -0.05) is 6.08 Å². The number of ether oxygens (including phenoxy) is 1. The number of rotatable bonds is 5. The predicted molar refractivity (Wildman–Crippen MR) is 120 cm³/mol. The molecule has 0 saturated heterocycles. The van der Waals surface area contributed by atoms with Crippen molar-refractivity contribution in [3.8, 4) is 28.5 Å². The van der Waals surface area contributed by atoms with Crippen LogP contribution in [0.5, 0.6) is 17.2 Å². The van der Waals surface area contributed by atoms with Crippen molar-refractivity contribution in [3.05, 3.63) is 64.8 Å². The molecule has 0 atom stereocenters. The maximum absolute atomic E-state index is 11.7. The number of aromatic hydroxyl groups is 2. The van der Waals surface area contributed by atoms with Gasteiger partial charge >= 0.3 is 0 Å². The number of amides is 1. The molecule has 3 aromatic rings. The first-order valence-electron chi connectivity index (χ1n) is 9.43. The molecule has 0 spiro atoms. The number of carbonyl (C=O) groups excluding carboxylic acids is 1. The number of aromatic nitrogens is 1. The van der Waals surface area contributed by atoms with Crippen LogP contribution in [0.25, 0.3) is 11.3 Å². The first-order valence-corrected chi connectivity index (χ1v) is 10.3. The van der Waals surface area contributed by atoms with E-state index in [1.807, 2.05) is 17.5 Å². The van der Waals surface area contributed by atoms with Crippen LogP contribution in [0.1, 0.15) is 12.5 Å². The van der Waals surface area contributed by atoms with E-state index in [0.29, 0.717) is 34.1 Å². The molecular weight excluding hydrogens is 416 g/mol. The van der Waals surface area contributed by atoms with Crippen molar-refractivity contribution in [2.75, 3.05) is 18.5 Å². The van der Waals surface area contributed by atoms with Gasteiger partial charge in [-0.2, -0.15) is 5.10 Å². The third-order valence-electron chi connectivity index (χ3n) is 4.57. The van der Waals surface area contributed by atoms with Crippen LogP contribution >= 0.6 is 11.3 Å². The predicted octanol–water partition coefficient (Wildman–Crippen LogP) is 3.32. The molecule has 0 unspecified atom stereocenters. The summed E-state index contributed by atoms with van der Waals surface area (Å²) >= 11 is 1.41. The Kier molecular flexibility index (Phi) is 5.59. The molecule has 0 radical (unpaired) electrons. The molecular formula is C22H20N4O4S. The van der Waals surface area contributed by atoms with Gasteiger partial charge in [0.2, 0.25) is 4.80 Å². The number of phenolic OH excluding ortho intramolecular Hbond substituents is 2. The molecule has 1 aliphatic rings. The lowest BCUT2D eigenvalue weighted by atomic mass is 10.1. The normalized spacial score (nSPS) is 14.0. The van der Waals surface area contributed by atoms with E-state index in [0.717, 1.165) is 11.3 Å². The second-order valence-electron chi connectivity index (χ2n) is 6.78. The van der Waals surface area contributed by atoms with E-state index in [1.54, 1.807) is 29.8 Å². The molecule has 2 aromatic carbocycles. The molecule has 4 rings (SSSR count). The van der Waals surface area contributed by atoms with Crippen LogP contribution in [0.4, 0.5) is 5.69 Å². The van der Waals surface area contributed by atoms with Gasteiger partial charge in [0, 0.05) is 22.6 Å². The molecule has 2 heterocycles. The summed E-state index contributed by atoms with van der Waals surface area (Å²) in [5, 5.41) is 29.2. The number of hydrogen-bond donors (Lipinski definition) is 3. The Balaban J connectivity index is 1.84. The van der Waals surface area contributed by atoms with E-state index in [1.165, 1.54) is 23.5 Å². The summed E-state index contributed by atoms with van der Waals surface area (Å²) in [7, 11) is 0. The van der Waals surface area contributed by atoms with Crippen molar-refractivity contribution < 1.29 is 19.7 Å². The van der Waals surface area contributed by atoms with Crippen LogP contribution < -0.4 is 14.9 Å². The fourth-order valence-electron chi connectivity index (χ4n) is 3.12. The fourth-order valence-corrected chi connectivity index (χ4v) is 3.96. The highest BCUT2D eigenvalue weighted by Gasteiger charge is 2.18. The largest absolute Gasteiger partial charge is 0.508 e. The monoisotopic (exact) mass is 436 g/mol. The molecule has 8 nitrogen and oxygen atoms in total. The zero-order valence-corrected chi connectivity index (χ0v) is 17.5. The van der Waals surface area contributed by atoms with Gasteiger partial charge in [-0.05, 0) is 37.3 Å². The minimum absolute atomic E-state index is 0.00497. The van der Waals surface area contributed by atoms with E-state index < -0.39 is 0 Å². The van der Waals surface area contributed by atoms with Crippen molar-refractivity contribution in [2.24, 2.45) is 10.1 Å². The number of nitrogens with zero attached hydrogens (tertiary/aromatic N) is 3. The Hall–Kier alpha value is -3.85. The summed E-state index contributed by atoms with van der Waals surface area (Å²) in [4.78, 5) is 16.9. The Labute approximate surface area is 182 Å². The summed E-state index contributed by atoms with van der Waals surface area (Å²) < 4.78 is 7.12. The minimum Gasteiger partial charge on any atom is -0.508 e. The molecule has 9 heteroatoms.